The van der Waals surface area contributed by atoms with Gasteiger partial charge in [-0.2, -0.15) is 0 Å². The van der Waals surface area contributed by atoms with Crippen LogP contribution in [0.15, 0.2) is 22.6 Å². The summed E-state index contributed by atoms with van der Waals surface area (Å²) in [7, 11) is 0. The second-order valence-corrected chi connectivity index (χ2v) is 5.41. The van der Waals surface area contributed by atoms with Gasteiger partial charge in [-0.25, -0.2) is 9.97 Å². The summed E-state index contributed by atoms with van der Waals surface area (Å²) in [6, 6.07) is 5.72. The van der Waals surface area contributed by atoms with Crippen molar-refractivity contribution < 1.29 is 4.42 Å². The van der Waals surface area contributed by atoms with E-state index in [4.69, 9.17) is 16.0 Å². The molecule has 3 rings (SSSR count). The number of aryl methyl sites for hydroxylation is 1. The number of anilines is 1. The molecular formula is C14H16ClN3O. The Kier molecular flexibility index (Phi) is 3.19. The van der Waals surface area contributed by atoms with Gasteiger partial charge < -0.3 is 9.73 Å². The third-order valence-corrected chi connectivity index (χ3v) is 3.40. The van der Waals surface area contributed by atoms with Gasteiger partial charge in [-0.3, -0.25) is 0 Å². The summed E-state index contributed by atoms with van der Waals surface area (Å²) < 4.78 is 5.60. The molecule has 1 atom stereocenters. The van der Waals surface area contributed by atoms with Crippen LogP contribution < -0.4 is 5.32 Å². The average molecular weight is 278 g/mol. The molecule has 0 aromatic carbocycles. The van der Waals surface area contributed by atoms with Gasteiger partial charge in [0.25, 0.3) is 0 Å². The molecule has 1 N–H and O–H groups in total. The molecule has 1 fully saturated rings. The van der Waals surface area contributed by atoms with Gasteiger partial charge in [0, 0.05) is 12.0 Å². The molecule has 5 heteroatoms. The summed E-state index contributed by atoms with van der Waals surface area (Å²) in [5, 5.41) is 3.79. The molecule has 100 valence electrons. The first-order chi connectivity index (χ1) is 9.11. The quantitative estimate of drug-likeness (QED) is 0.856. The fourth-order valence-corrected chi connectivity index (χ4v) is 2.20. The van der Waals surface area contributed by atoms with E-state index in [2.05, 4.69) is 15.3 Å². The average Bonchev–Trinajstić information content (AvgIpc) is 3.11. The number of rotatable bonds is 4. The van der Waals surface area contributed by atoms with Gasteiger partial charge in [-0.1, -0.05) is 11.6 Å². The zero-order chi connectivity index (χ0) is 13.4. The van der Waals surface area contributed by atoms with Crippen LogP contribution in [0.2, 0.25) is 5.15 Å². The minimum atomic E-state index is 0.0479. The summed E-state index contributed by atoms with van der Waals surface area (Å²) in [4.78, 5) is 8.79. The molecule has 1 saturated carbocycles. The van der Waals surface area contributed by atoms with Crippen LogP contribution in [0, 0.1) is 6.92 Å². The normalized spacial score (nSPS) is 16.4. The Hall–Kier alpha value is -1.55. The maximum absolute atomic E-state index is 6.04. The van der Waals surface area contributed by atoms with Gasteiger partial charge >= 0.3 is 0 Å². The zero-order valence-electron chi connectivity index (χ0n) is 11.0. The number of nitrogens with one attached hydrogen (secondary N) is 1. The van der Waals surface area contributed by atoms with Crippen molar-refractivity contribution >= 4 is 17.4 Å². The molecular weight excluding hydrogens is 262 g/mol. The van der Waals surface area contributed by atoms with E-state index in [1.54, 1.807) is 6.07 Å². The maximum Gasteiger partial charge on any atom is 0.135 e. The fraction of sp³-hybridized carbons (Fsp3) is 0.429. The standard InChI is InChI=1S/C14H16ClN3O/c1-8-3-6-11(19-8)9(2)16-13-7-12(15)17-14(18-13)10-4-5-10/h3,6-7,9-10H,4-5H2,1-2H3,(H,16,17,18). The second kappa shape index (κ2) is 4.85. The summed E-state index contributed by atoms with van der Waals surface area (Å²) in [5.74, 6) is 3.88. The summed E-state index contributed by atoms with van der Waals surface area (Å²) in [6.07, 6.45) is 2.32. The number of halogens is 1. The Balaban J connectivity index is 1.78. The molecule has 0 radical (unpaired) electrons. The first-order valence-corrected chi connectivity index (χ1v) is 6.87. The highest BCUT2D eigenvalue weighted by Crippen LogP contribution is 2.39. The number of furan rings is 1. The smallest absolute Gasteiger partial charge is 0.135 e. The van der Waals surface area contributed by atoms with Gasteiger partial charge in [0.15, 0.2) is 0 Å². The van der Waals surface area contributed by atoms with Crippen LogP contribution in [0.25, 0.3) is 0 Å². The number of aromatic nitrogens is 2. The molecule has 4 nitrogen and oxygen atoms in total. The third-order valence-electron chi connectivity index (χ3n) is 3.21. The molecule has 1 unspecified atom stereocenters. The van der Waals surface area contributed by atoms with Crippen LogP contribution in [0.5, 0.6) is 0 Å². The first-order valence-electron chi connectivity index (χ1n) is 6.49. The Morgan fingerprint density at radius 2 is 2.16 bits per heavy atom. The van der Waals surface area contributed by atoms with Crippen molar-refractivity contribution in [1.82, 2.24) is 9.97 Å². The van der Waals surface area contributed by atoms with Gasteiger partial charge in [0.1, 0.15) is 28.3 Å². The SMILES string of the molecule is Cc1ccc(C(C)Nc2cc(Cl)nc(C3CC3)n2)o1. The second-order valence-electron chi connectivity index (χ2n) is 5.02. The van der Waals surface area contributed by atoms with E-state index < -0.39 is 0 Å². The van der Waals surface area contributed by atoms with E-state index in [-0.39, 0.29) is 6.04 Å². The van der Waals surface area contributed by atoms with Crippen molar-refractivity contribution in [2.24, 2.45) is 0 Å². The van der Waals surface area contributed by atoms with Gasteiger partial charge in [-0.05, 0) is 38.8 Å². The van der Waals surface area contributed by atoms with E-state index in [0.717, 1.165) is 36.0 Å². The predicted molar refractivity (Wildman–Crippen MR) is 74.5 cm³/mol. The molecule has 2 heterocycles. The van der Waals surface area contributed by atoms with Crippen molar-refractivity contribution in [3.05, 3.63) is 40.7 Å². The van der Waals surface area contributed by atoms with Crippen LogP contribution in [0.3, 0.4) is 0 Å². The molecule has 2 aromatic heterocycles. The summed E-state index contributed by atoms with van der Waals surface area (Å²) in [6.45, 7) is 3.97. The molecule has 2 aromatic rings. The third kappa shape index (κ3) is 2.89. The van der Waals surface area contributed by atoms with Crippen molar-refractivity contribution in [2.75, 3.05) is 5.32 Å². The van der Waals surface area contributed by atoms with E-state index >= 15 is 0 Å². The Bertz CT molecular complexity index is 592. The van der Waals surface area contributed by atoms with E-state index in [9.17, 15) is 0 Å². The highest BCUT2D eigenvalue weighted by atomic mass is 35.5. The van der Waals surface area contributed by atoms with Gasteiger partial charge in [0.05, 0.1) is 6.04 Å². The van der Waals surface area contributed by atoms with Gasteiger partial charge in [0.2, 0.25) is 0 Å². The van der Waals surface area contributed by atoms with Crippen molar-refractivity contribution in [2.45, 2.75) is 38.6 Å². The minimum absolute atomic E-state index is 0.0479. The monoisotopic (exact) mass is 277 g/mol. The molecule has 0 aliphatic heterocycles. The molecule has 0 amide bonds. The number of hydrogen-bond acceptors (Lipinski definition) is 4. The number of nitrogens with zero attached hydrogens (tertiary/aromatic N) is 2. The highest BCUT2D eigenvalue weighted by Gasteiger charge is 2.27. The lowest BCUT2D eigenvalue weighted by Crippen LogP contribution is -2.08. The van der Waals surface area contributed by atoms with Crippen molar-refractivity contribution in [3.8, 4) is 0 Å². The maximum atomic E-state index is 6.04. The highest BCUT2D eigenvalue weighted by molar-refractivity contribution is 6.29. The molecule has 0 saturated heterocycles. The van der Waals surface area contributed by atoms with Gasteiger partial charge in [-0.15, -0.1) is 0 Å². The largest absolute Gasteiger partial charge is 0.464 e. The molecule has 1 aliphatic carbocycles. The molecule has 0 bridgehead atoms. The van der Waals surface area contributed by atoms with E-state index in [1.807, 2.05) is 26.0 Å². The van der Waals surface area contributed by atoms with E-state index in [0.29, 0.717) is 11.1 Å². The Labute approximate surface area is 117 Å². The lowest BCUT2D eigenvalue weighted by Gasteiger charge is -2.13. The lowest BCUT2D eigenvalue weighted by atomic mass is 10.2. The number of hydrogen-bond donors (Lipinski definition) is 1. The summed E-state index contributed by atoms with van der Waals surface area (Å²) >= 11 is 6.04. The zero-order valence-corrected chi connectivity index (χ0v) is 11.7. The van der Waals surface area contributed by atoms with Crippen LogP contribution in [0.4, 0.5) is 5.82 Å². The van der Waals surface area contributed by atoms with Crippen molar-refractivity contribution in [1.29, 1.82) is 0 Å². The Morgan fingerprint density at radius 3 is 2.79 bits per heavy atom. The topological polar surface area (TPSA) is 51.0 Å². The van der Waals surface area contributed by atoms with Crippen LogP contribution in [0.1, 0.15) is 49.1 Å². The molecule has 1 aliphatic rings. The predicted octanol–water partition coefficient (Wildman–Crippen LogP) is 4.08. The Morgan fingerprint density at radius 1 is 1.37 bits per heavy atom. The minimum Gasteiger partial charge on any atom is -0.464 e. The van der Waals surface area contributed by atoms with Crippen LogP contribution in [-0.2, 0) is 0 Å². The summed E-state index contributed by atoms with van der Waals surface area (Å²) in [5.41, 5.74) is 0. The first kappa shape index (κ1) is 12.5. The van der Waals surface area contributed by atoms with Crippen molar-refractivity contribution in [3.63, 3.8) is 0 Å². The van der Waals surface area contributed by atoms with Crippen LogP contribution >= 0.6 is 11.6 Å². The fourth-order valence-electron chi connectivity index (χ4n) is 2.01. The lowest BCUT2D eigenvalue weighted by molar-refractivity contribution is 0.466. The molecule has 19 heavy (non-hydrogen) atoms. The molecule has 0 spiro atoms. The van der Waals surface area contributed by atoms with Crippen LogP contribution in [-0.4, -0.2) is 9.97 Å². The van der Waals surface area contributed by atoms with E-state index in [1.165, 1.54) is 0 Å².